The summed E-state index contributed by atoms with van der Waals surface area (Å²) in [4.78, 5) is 11.9. The first-order valence-corrected chi connectivity index (χ1v) is 6.61. The molecule has 17 heavy (non-hydrogen) atoms. The molecular formula is C13H26N2O2. The number of ether oxygens (including phenoxy) is 1. The summed E-state index contributed by atoms with van der Waals surface area (Å²) >= 11 is 0. The van der Waals surface area contributed by atoms with Crippen molar-refractivity contribution in [3.05, 3.63) is 0 Å². The highest BCUT2D eigenvalue weighted by molar-refractivity contribution is 5.81. The highest BCUT2D eigenvalue weighted by Gasteiger charge is 2.31. The molecule has 0 aromatic carbocycles. The van der Waals surface area contributed by atoms with E-state index < -0.39 is 6.04 Å². The van der Waals surface area contributed by atoms with Crippen LogP contribution in [0.3, 0.4) is 0 Å². The van der Waals surface area contributed by atoms with Crippen LogP contribution in [-0.2, 0) is 9.53 Å². The summed E-state index contributed by atoms with van der Waals surface area (Å²) in [7, 11) is 1.66. The summed E-state index contributed by atoms with van der Waals surface area (Å²) < 4.78 is 4.95. The van der Waals surface area contributed by atoms with Gasteiger partial charge < -0.3 is 15.8 Å². The van der Waals surface area contributed by atoms with Crippen molar-refractivity contribution in [1.29, 1.82) is 0 Å². The van der Waals surface area contributed by atoms with Crippen molar-refractivity contribution in [2.45, 2.75) is 51.6 Å². The van der Waals surface area contributed by atoms with Crippen molar-refractivity contribution in [2.75, 3.05) is 13.7 Å². The Hall–Kier alpha value is -0.610. The van der Waals surface area contributed by atoms with Crippen molar-refractivity contribution in [1.82, 2.24) is 5.32 Å². The van der Waals surface area contributed by atoms with Crippen LogP contribution < -0.4 is 11.1 Å². The van der Waals surface area contributed by atoms with Gasteiger partial charge in [0, 0.05) is 19.8 Å². The number of carbonyl (C=O) groups excluding carboxylic acids is 1. The lowest BCUT2D eigenvalue weighted by Crippen LogP contribution is -2.46. The van der Waals surface area contributed by atoms with E-state index in [1.807, 2.05) is 0 Å². The molecule has 0 saturated heterocycles. The predicted molar refractivity (Wildman–Crippen MR) is 68.6 cm³/mol. The van der Waals surface area contributed by atoms with Gasteiger partial charge in [0.15, 0.2) is 0 Å². The smallest absolute Gasteiger partial charge is 0.237 e. The van der Waals surface area contributed by atoms with E-state index in [0.717, 1.165) is 12.8 Å². The number of amides is 1. The maximum absolute atomic E-state index is 11.9. The number of methoxy groups -OCH3 is 1. The van der Waals surface area contributed by atoms with Crippen LogP contribution in [0.15, 0.2) is 0 Å². The highest BCUT2D eigenvalue weighted by Crippen LogP contribution is 2.31. The standard InChI is InChI=1S/C13H26N2O2/c1-9-6-7-12(10(9)2)15-13(16)11(14)5-4-8-17-3/h9-12H,4-8,14H2,1-3H3,(H,15,16). The lowest BCUT2D eigenvalue weighted by Gasteiger charge is -2.21. The molecule has 0 aromatic heterocycles. The molecule has 100 valence electrons. The van der Waals surface area contributed by atoms with Gasteiger partial charge in [0.25, 0.3) is 0 Å². The molecule has 4 atom stereocenters. The van der Waals surface area contributed by atoms with E-state index in [1.165, 1.54) is 6.42 Å². The predicted octanol–water partition coefficient (Wildman–Crippen LogP) is 1.29. The van der Waals surface area contributed by atoms with E-state index in [-0.39, 0.29) is 5.91 Å². The molecule has 4 nitrogen and oxygen atoms in total. The van der Waals surface area contributed by atoms with Crippen LogP contribution in [0.1, 0.15) is 39.5 Å². The molecule has 1 fully saturated rings. The maximum Gasteiger partial charge on any atom is 0.237 e. The molecular weight excluding hydrogens is 216 g/mol. The minimum Gasteiger partial charge on any atom is -0.385 e. The van der Waals surface area contributed by atoms with Crippen molar-refractivity contribution in [3.8, 4) is 0 Å². The number of hydrogen-bond acceptors (Lipinski definition) is 3. The molecule has 1 aliphatic carbocycles. The first-order chi connectivity index (χ1) is 8.06. The zero-order chi connectivity index (χ0) is 12.8. The van der Waals surface area contributed by atoms with Crippen LogP contribution in [-0.4, -0.2) is 31.7 Å². The van der Waals surface area contributed by atoms with Gasteiger partial charge in [0.1, 0.15) is 0 Å². The number of hydrogen-bond donors (Lipinski definition) is 2. The third-order valence-electron chi connectivity index (χ3n) is 3.99. The third kappa shape index (κ3) is 4.28. The van der Waals surface area contributed by atoms with Crippen LogP contribution in [0.2, 0.25) is 0 Å². The summed E-state index contributed by atoms with van der Waals surface area (Å²) in [6.07, 6.45) is 3.81. The first-order valence-electron chi connectivity index (χ1n) is 6.61. The Labute approximate surface area is 104 Å². The second kappa shape index (κ2) is 6.97. The van der Waals surface area contributed by atoms with E-state index in [0.29, 0.717) is 30.9 Å². The van der Waals surface area contributed by atoms with Crippen LogP contribution in [0.25, 0.3) is 0 Å². The second-order valence-electron chi connectivity index (χ2n) is 5.27. The zero-order valence-corrected chi connectivity index (χ0v) is 11.2. The molecule has 0 spiro atoms. The van der Waals surface area contributed by atoms with Crippen LogP contribution >= 0.6 is 0 Å². The third-order valence-corrected chi connectivity index (χ3v) is 3.99. The molecule has 1 aliphatic rings. The Balaban J connectivity index is 2.28. The van der Waals surface area contributed by atoms with Crippen LogP contribution in [0, 0.1) is 11.8 Å². The molecule has 0 bridgehead atoms. The first kappa shape index (κ1) is 14.5. The Morgan fingerprint density at radius 3 is 2.71 bits per heavy atom. The van der Waals surface area contributed by atoms with Gasteiger partial charge in [-0.15, -0.1) is 0 Å². The average Bonchev–Trinajstić information content (AvgIpc) is 2.61. The van der Waals surface area contributed by atoms with Crippen LogP contribution in [0.5, 0.6) is 0 Å². The fraction of sp³-hybridized carbons (Fsp3) is 0.923. The Morgan fingerprint density at radius 2 is 2.18 bits per heavy atom. The van der Waals surface area contributed by atoms with Gasteiger partial charge in [-0.1, -0.05) is 13.8 Å². The Bertz CT molecular complexity index is 246. The molecule has 0 heterocycles. The quantitative estimate of drug-likeness (QED) is 0.690. The molecule has 0 aliphatic heterocycles. The lowest BCUT2D eigenvalue weighted by molar-refractivity contribution is -0.123. The van der Waals surface area contributed by atoms with E-state index >= 15 is 0 Å². The zero-order valence-electron chi connectivity index (χ0n) is 11.2. The van der Waals surface area contributed by atoms with E-state index in [1.54, 1.807) is 7.11 Å². The van der Waals surface area contributed by atoms with Crippen molar-refractivity contribution in [2.24, 2.45) is 17.6 Å². The number of rotatable bonds is 6. The number of nitrogens with one attached hydrogen (secondary N) is 1. The van der Waals surface area contributed by atoms with Gasteiger partial charge >= 0.3 is 0 Å². The summed E-state index contributed by atoms with van der Waals surface area (Å²) in [5.74, 6) is 1.25. The Morgan fingerprint density at radius 1 is 1.47 bits per heavy atom. The number of nitrogens with two attached hydrogens (primary N) is 1. The van der Waals surface area contributed by atoms with Crippen LogP contribution in [0.4, 0.5) is 0 Å². The minimum atomic E-state index is -0.395. The van der Waals surface area contributed by atoms with E-state index in [2.05, 4.69) is 19.2 Å². The van der Waals surface area contributed by atoms with E-state index in [9.17, 15) is 4.79 Å². The highest BCUT2D eigenvalue weighted by atomic mass is 16.5. The fourth-order valence-corrected chi connectivity index (χ4v) is 2.44. The maximum atomic E-state index is 11.9. The van der Waals surface area contributed by atoms with Crippen molar-refractivity contribution < 1.29 is 9.53 Å². The average molecular weight is 242 g/mol. The fourth-order valence-electron chi connectivity index (χ4n) is 2.44. The molecule has 0 aromatic rings. The molecule has 4 unspecified atom stereocenters. The molecule has 4 heteroatoms. The normalized spacial score (nSPS) is 30.2. The second-order valence-corrected chi connectivity index (χ2v) is 5.27. The molecule has 1 saturated carbocycles. The van der Waals surface area contributed by atoms with Gasteiger partial charge in [-0.05, 0) is 37.5 Å². The van der Waals surface area contributed by atoms with Gasteiger partial charge in [0.05, 0.1) is 6.04 Å². The molecule has 1 rings (SSSR count). The minimum absolute atomic E-state index is 0.00736. The van der Waals surface area contributed by atoms with Crippen molar-refractivity contribution in [3.63, 3.8) is 0 Å². The molecule has 3 N–H and O–H groups in total. The summed E-state index contributed by atoms with van der Waals surface area (Å²) in [6, 6.07) is -0.0840. The SMILES string of the molecule is COCCCC(N)C(=O)NC1CCC(C)C1C. The summed E-state index contributed by atoms with van der Waals surface area (Å²) in [5.41, 5.74) is 5.85. The summed E-state index contributed by atoms with van der Waals surface area (Å²) in [5, 5.41) is 3.08. The lowest BCUT2D eigenvalue weighted by atomic mass is 9.97. The van der Waals surface area contributed by atoms with Gasteiger partial charge in [-0.3, -0.25) is 4.79 Å². The topological polar surface area (TPSA) is 64.3 Å². The van der Waals surface area contributed by atoms with Gasteiger partial charge in [-0.25, -0.2) is 0 Å². The monoisotopic (exact) mass is 242 g/mol. The van der Waals surface area contributed by atoms with Gasteiger partial charge in [-0.2, -0.15) is 0 Å². The molecule has 1 amide bonds. The summed E-state index contributed by atoms with van der Waals surface area (Å²) in [6.45, 7) is 5.12. The number of carbonyl (C=O) groups is 1. The largest absolute Gasteiger partial charge is 0.385 e. The molecule has 0 radical (unpaired) electrons. The van der Waals surface area contributed by atoms with E-state index in [4.69, 9.17) is 10.5 Å². The van der Waals surface area contributed by atoms with Crippen molar-refractivity contribution >= 4 is 5.91 Å². The Kier molecular flexibility index (Phi) is 5.92. The van der Waals surface area contributed by atoms with Gasteiger partial charge in [0.2, 0.25) is 5.91 Å².